The number of anilines is 1. The maximum atomic E-state index is 11.9. The van der Waals surface area contributed by atoms with Crippen LogP contribution in [0.5, 0.6) is 17.2 Å². The van der Waals surface area contributed by atoms with E-state index in [2.05, 4.69) is 5.32 Å². The van der Waals surface area contributed by atoms with Crippen LogP contribution in [-0.2, 0) is 4.79 Å². The third-order valence-electron chi connectivity index (χ3n) is 3.09. The minimum absolute atomic E-state index is 0.0223. The van der Waals surface area contributed by atoms with E-state index in [1.165, 1.54) is 0 Å². The van der Waals surface area contributed by atoms with Crippen molar-refractivity contribution in [3.05, 3.63) is 48.5 Å². The SMILES string of the molecule is COc1ccccc1Oc1ccc(NC(=O)C(C)(C)C)cc1. The number of rotatable bonds is 4. The first-order valence-electron chi connectivity index (χ1n) is 7.12. The second kappa shape index (κ2) is 6.52. The Labute approximate surface area is 131 Å². The summed E-state index contributed by atoms with van der Waals surface area (Å²) in [5.74, 6) is 1.98. The summed E-state index contributed by atoms with van der Waals surface area (Å²) in [6, 6.07) is 14.7. The molecule has 0 atom stereocenters. The van der Waals surface area contributed by atoms with Gasteiger partial charge in [-0.1, -0.05) is 32.9 Å². The quantitative estimate of drug-likeness (QED) is 0.906. The maximum Gasteiger partial charge on any atom is 0.229 e. The van der Waals surface area contributed by atoms with Crippen LogP contribution in [0.3, 0.4) is 0 Å². The van der Waals surface area contributed by atoms with Gasteiger partial charge in [0.1, 0.15) is 5.75 Å². The van der Waals surface area contributed by atoms with Gasteiger partial charge < -0.3 is 14.8 Å². The van der Waals surface area contributed by atoms with E-state index < -0.39 is 5.41 Å². The molecule has 2 aromatic carbocycles. The van der Waals surface area contributed by atoms with Crippen molar-refractivity contribution in [2.75, 3.05) is 12.4 Å². The molecule has 4 heteroatoms. The van der Waals surface area contributed by atoms with Crippen molar-refractivity contribution < 1.29 is 14.3 Å². The molecule has 1 amide bonds. The van der Waals surface area contributed by atoms with E-state index in [-0.39, 0.29) is 5.91 Å². The summed E-state index contributed by atoms with van der Waals surface area (Å²) in [4.78, 5) is 11.9. The van der Waals surface area contributed by atoms with Gasteiger partial charge in [-0.2, -0.15) is 0 Å². The molecule has 4 nitrogen and oxygen atoms in total. The molecule has 0 aromatic heterocycles. The number of carbonyl (C=O) groups is 1. The minimum atomic E-state index is -0.424. The van der Waals surface area contributed by atoms with Crippen LogP contribution in [0.1, 0.15) is 20.8 Å². The molecule has 2 rings (SSSR count). The fraction of sp³-hybridized carbons (Fsp3) is 0.278. The molecule has 0 saturated carbocycles. The normalized spacial score (nSPS) is 10.9. The van der Waals surface area contributed by atoms with Crippen LogP contribution in [0.4, 0.5) is 5.69 Å². The van der Waals surface area contributed by atoms with Crippen molar-refractivity contribution in [1.82, 2.24) is 0 Å². The largest absolute Gasteiger partial charge is 0.493 e. The third-order valence-corrected chi connectivity index (χ3v) is 3.09. The molecule has 0 fully saturated rings. The number of amides is 1. The molecular weight excluding hydrogens is 278 g/mol. The predicted molar refractivity (Wildman–Crippen MR) is 87.6 cm³/mol. The monoisotopic (exact) mass is 299 g/mol. The van der Waals surface area contributed by atoms with Gasteiger partial charge in [-0.15, -0.1) is 0 Å². The molecule has 0 bridgehead atoms. The first-order chi connectivity index (χ1) is 10.4. The lowest BCUT2D eigenvalue weighted by molar-refractivity contribution is -0.123. The van der Waals surface area contributed by atoms with Crippen molar-refractivity contribution in [3.63, 3.8) is 0 Å². The van der Waals surface area contributed by atoms with Crippen molar-refractivity contribution in [2.45, 2.75) is 20.8 Å². The number of methoxy groups -OCH3 is 1. The van der Waals surface area contributed by atoms with Gasteiger partial charge in [-0.3, -0.25) is 4.79 Å². The number of ether oxygens (including phenoxy) is 2. The molecule has 2 aromatic rings. The zero-order chi connectivity index (χ0) is 16.2. The van der Waals surface area contributed by atoms with Gasteiger partial charge in [0.2, 0.25) is 5.91 Å². The number of para-hydroxylation sites is 2. The van der Waals surface area contributed by atoms with E-state index in [9.17, 15) is 4.79 Å². The number of hydrogen-bond donors (Lipinski definition) is 1. The number of hydrogen-bond acceptors (Lipinski definition) is 3. The molecule has 0 saturated heterocycles. The Morgan fingerprint density at radius 2 is 1.55 bits per heavy atom. The Morgan fingerprint density at radius 3 is 2.09 bits per heavy atom. The van der Waals surface area contributed by atoms with E-state index >= 15 is 0 Å². The maximum absolute atomic E-state index is 11.9. The summed E-state index contributed by atoms with van der Waals surface area (Å²) in [5.41, 5.74) is 0.319. The van der Waals surface area contributed by atoms with Gasteiger partial charge in [0, 0.05) is 11.1 Å². The summed E-state index contributed by atoms with van der Waals surface area (Å²) in [5, 5.41) is 2.88. The second-order valence-electron chi connectivity index (χ2n) is 5.98. The fourth-order valence-corrected chi connectivity index (χ4v) is 1.75. The minimum Gasteiger partial charge on any atom is -0.493 e. The topological polar surface area (TPSA) is 47.6 Å². The molecule has 0 heterocycles. The lowest BCUT2D eigenvalue weighted by Gasteiger charge is -2.17. The van der Waals surface area contributed by atoms with Crippen LogP contribution < -0.4 is 14.8 Å². The Morgan fingerprint density at radius 1 is 0.955 bits per heavy atom. The molecule has 0 aliphatic heterocycles. The fourth-order valence-electron chi connectivity index (χ4n) is 1.75. The smallest absolute Gasteiger partial charge is 0.229 e. The average Bonchev–Trinajstić information content (AvgIpc) is 2.49. The van der Waals surface area contributed by atoms with E-state index in [1.54, 1.807) is 7.11 Å². The van der Waals surface area contributed by atoms with E-state index in [0.29, 0.717) is 17.2 Å². The van der Waals surface area contributed by atoms with Crippen molar-refractivity contribution in [1.29, 1.82) is 0 Å². The Bertz CT molecular complexity index is 642. The van der Waals surface area contributed by atoms with E-state index in [4.69, 9.17) is 9.47 Å². The summed E-state index contributed by atoms with van der Waals surface area (Å²) >= 11 is 0. The number of carbonyl (C=O) groups excluding carboxylic acids is 1. The summed E-state index contributed by atoms with van der Waals surface area (Å²) in [6.45, 7) is 5.63. The first kappa shape index (κ1) is 15.9. The van der Waals surface area contributed by atoms with E-state index in [1.807, 2.05) is 69.3 Å². The highest BCUT2D eigenvalue weighted by atomic mass is 16.5. The zero-order valence-corrected chi connectivity index (χ0v) is 13.3. The highest BCUT2D eigenvalue weighted by Gasteiger charge is 2.21. The van der Waals surface area contributed by atoms with Crippen LogP contribution in [0.2, 0.25) is 0 Å². The van der Waals surface area contributed by atoms with Gasteiger partial charge >= 0.3 is 0 Å². The molecule has 0 aliphatic carbocycles. The van der Waals surface area contributed by atoms with Crippen molar-refractivity contribution in [2.24, 2.45) is 5.41 Å². The lowest BCUT2D eigenvalue weighted by atomic mass is 9.95. The van der Waals surface area contributed by atoms with Gasteiger partial charge in [0.25, 0.3) is 0 Å². The summed E-state index contributed by atoms with van der Waals surface area (Å²) in [7, 11) is 1.60. The molecule has 22 heavy (non-hydrogen) atoms. The number of benzene rings is 2. The Hall–Kier alpha value is -2.49. The predicted octanol–water partition coefficient (Wildman–Crippen LogP) is 4.47. The summed E-state index contributed by atoms with van der Waals surface area (Å²) < 4.78 is 11.0. The van der Waals surface area contributed by atoms with Crippen LogP contribution in [0.15, 0.2) is 48.5 Å². The first-order valence-corrected chi connectivity index (χ1v) is 7.12. The van der Waals surface area contributed by atoms with Crippen molar-refractivity contribution in [3.8, 4) is 17.2 Å². The molecule has 0 spiro atoms. The summed E-state index contributed by atoms with van der Waals surface area (Å²) in [6.07, 6.45) is 0. The van der Waals surface area contributed by atoms with Crippen LogP contribution in [0.25, 0.3) is 0 Å². The average molecular weight is 299 g/mol. The van der Waals surface area contributed by atoms with Crippen molar-refractivity contribution >= 4 is 11.6 Å². The van der Waals surface area contributed by atoms with Crippen LogP contribution in [-0.4, -0.2) is 13.0 Å². The van der Waals surface area contributed by atoms with Gasteiger partial charge in [-0.25, -0.2) is 0 Å². The molecule has 0 unspecified atom stereocenters. The van der Waals surface area contributed by atoms with E-state index in [0.717, 1.165) is 5.69 Å². The second-order valence-corrected chi connectivity index (χ2v) is 5.98. The highest BCUT2D eigenvalue weighted by molar-refractivity contribution is 5.94. The van der Waals surface area contributed by atoms with Gasteiger partial charge in [0.05, 0.1) is 7.11 Å². The zero-order valence-electron chi connectivity index (χ0n) is 13.3. The molecule has 1 N–H and O–H groups in total. The van der Waals surface area contributed by atoms with Gasteiger partial charge in [-0.05, 0) is 36.4 Å². The number of nitrogens with one attached hydrogen (secondary N) is 1. The van der Waals surface area contributed by atoms with Crippen LogP contribution in [0, 0.1) is 5.41 Å². The molecular formula is C18H21NO3. The standard InChI is InChI=1S/C18H21NO3/c1-18(2,3)17(20)19-13-9-11-14(12-10-13)22-16-8-6-5-7-15(16)21-4/h5-12H,1-4H3,(H,19,20). The Balaban J connectivity index is 2.08. The van der Waals surface area contributed by atoms with Crippen LogP contribution >= 0.6 is 0 Å². The van der Waals surface area contributed by atoms with Gasteiger partial charge in [0.15, 0.2) is 11.5 Å². The molecule has 116 valence electrons. The third kappa shape index (κ3) is 4.01. The molecule has 0 aliphatic rings. The highest BCUT2D eigenvalue weighted by Crippen LogP contribution is 2.31. The Kier molecular flexibility index (Phi) is 4.71. The molecule has 0 radical (unpaired) electrons. The lowest BCUT2D eigenvalue weighted by Crippen LogP contribution is -2.27.